The van der Waals surface area contributed by atoms with E-state index < -0.39 is 0 Å². The van der Waals surface area contributed by atoms with Crippen LogP contribution in [0.15, 0.2) is 60.0 Å². The van der Waals surface area contributed by atoms with Gasteiger partial charge in [-0.15, -0.1) is 10.2 Å². The molecule has 0 N–H and O–H groups in total. The quantitative estimate of drug-likeness (QED) is 0.395. The molecule has 0 aliphatic rings. The van der Waals surface area contributed by atoms with Crippen LogP contribution >= 0.6 is 11.8 Å². The molecular weight excluding hydrogens is 380 g/mol. The molecule has 7 heteroatoms. The molecule has 150 valence electrons. The summed E-state index contributed by atoms with van der Waals surface area (Å²) in [4.78, 5) is 7.01. The highest BCUT2D eigenvalue weighted by Gasteiger charge is 2.14. The van der Waals surface area contributed by atoms with E-state index in [0.717, 1.165) is 53.3 Å². The number of rotatable bonds is 8. The van der Waals surface area contributed by atoms with Gasteiger partial charge in [0.15, 0.2) is 11.0 Å². The van der Waals surface area contributed by atoms with Crippen LogP contribution in [-0.4, -0.2) is 37.2 Å². The van der Waals surface area contributed by atoms with Crippen molar-refractivity contribution in [1.82, 2.24) is 24.1 Å². The molecule has 0 aliphatic heterocycles. The van der Waals surface area contributed by atoms with Crippen LogP contribution in [0.25, 0.3) is 17.0 Å². The molecule has 0 radical (unpaired) electrons. The van der Waals surface area contributed by atoms with Crippen molar-refractivity contribution in [2.75, 3.05) is 18.0 Å². The van der Waals surface area contributed by atoms with E-state index >= 15 is 0 Å². The van der Waals surface area contributed by atoms with E-state index in [2.05, 4.69) is 75.9 Å². The highest BCUT2D eigenvalue weighted by Crippen LogP contribution is 2.27. The number of hydrogen-bond donors (Lipinski definition) is 0. The van der Waals surface area contributed by atoms with E-state index in [0.29, 0.717) is 0 Å². The monoisotopic (exact) mass is 406 g/mol. The third-order valence-electron chi connectivity index (χ3n) is 5.05. The van der Waals surface area contributed by atoms with Crippen LogP contribution in [0.2, 0.25) is 0 Å². The van der Waals surface area contributed by atoms with Gasteiger partial charge in [-0.05, 0) is 57.2 Å². The molecule has 6 nitrogen and oxygen atoms in total. The van der Waals surface area contributed by atoms with Gasteiger partial charge in [0.05, 0.1) is 5.69 Å². The van der Waals surface area contributed by atoms with Crippen molar-refractivity contribution in [1.29, 1.82) is 0 Å². The maximum atomic E-state index is 4.67. The van der Waals surface area contributed by atoms with Crippen LogP contribution in [-0.2, 0) is 12.3 Å². The largest absolute Gasteiger partial charge is 0.372 e. The number of pyridine rings is 1. The second-order valence-electron chi connectivity index (χ2n) is 6.76. The normalized spacial score (nSPS) is 11.3. The van der Waals surface area contributed by atoms with Crippen molar-refractivity contribution in [3.05, 3.63) is 60.6 Å². The fourth-order valence-corrected chi connectivity index (χ4v) is 4.39. The minimum Gasteiger partial charge on any atom is -0.372 e. The third kappa shape index (κ3) is 4.00. The number of nitrogens with zero attached hydrogens (tertiary/aromatic N) is 6. The summed E-state index contributed by atoms with van der Waals surface area (Å²) in [6, 6.07) is 14.6. The zero-order valence-corrected chi connectivity index (χ0v) is 17.9. The molecule has 0 spiro atoms. The summed E-state index contributed by atoms with van der Waals surface area (Å²) < 4.78 is 4.22. The molecule has 29 heavy (non-hydrogen) atoms. The Bertz CT molecular complexity index is 1050. The average Bonchev–Trinajstić information content (AvgIpc) is 3.37. The first-order valence-electron chi connectivity index (χ1n) is 10.1. The van der Waals surface area contributed by atoms with E-state index in [1.165, 1.54) is 5.69 Å². The summed E-state index contributed by atoms with van der Waals surface area (Å²) in [5, 5.41) is 9.86. The summed E-state index contributed by atoms with van der Waals surface area (Å²) in [7, 11) is 0. The van der Waals surface area contributed by atoms with Crippen molar-refractivity contribution < 1.29 is 0 Å². The number of anilines is 1. The van der Waals surface area contributed by atoms with E-state index in [4.69, 9.17) is 0 Å². The predicted molar refractivity (Wildman–Crippen MR) is 119 cm³/mol. The molecule has 0 saturated heterocycles. The lowest BCUT2D eigenvalue weighted by Crippen LogP contribution is -2.21. The molecule has 0 atom stereocenters. The smallest absolute Gasteiger partial charge is 0.191 e. The first kappa shape index (κ1) is 19.5. The van der Waals surface area contributed by atoms with Crippen molar-refractivity contribution in [2.45, 2.75) is 38.2 Å². The highest BCUT2D eigenvalue weighted by molar-refractivity contribution is 7.98. The molecule has 4 rings (SSSR count). The van der Waals surface area contributed by atoms with Gasteiger partial charge in [0.1, 0.15) is 5.65 Å². The first-order chi connectivity index (χ1) is 14.2. The van der Waals surface area contributed by atoms with Gasteiger partial charge in [0, 0.05) is 49.0 Å². The topological polar surface area (TPSA) is 51.3 Å². The lowest BCUT2D eigenvalue weighted by atomic mass is 10.2. The summed E-state index contributed by atoms with van der Waals surface area (Å²) in [6.07, 6.45) is 4.09. The fourth-order valence-electron chi connectivity index (χ4n) is 3.50. The van der Waals surface area contributed by atoms with Crippen molar-refractivity contribution >= 4 is 23.1 Å². The molecule has 0 fully saturated rings. The molecule has 0 saturated carbocycles. The number of thioether (sulfide) groups is 1. The van der Waals surface area contributed by atoms with Crippen LogP contribution in [0.1, 0.15) is 26.5 Å². The van der Waals surface area contributed by atoms with Crippen LogP contribution in [0.3, 0.4) is 0 Å². The molecule has 3 aromatic heterocycles. The molecule has 0 amide bonds. The van der Waals surface area contributed by atoms with Gasteiger partial charge in [0.25, 0.3) is 0 Å². The summed E-state index contributed by atoms with van der Waals surface area (Å²) in [5.74, 6) is 1.68. The van der Waals surface area contributed by atoms with Gasteiger partial charge in [-0.25, -0.2) is 4.98 Å². The van der Waals surface area contributed by atoms with E-state index in [1.807, 2.05) is 28.8 Å². The minimum absolute atomic E-state index is 0.765. The Balaban J connectivity index is 1.53. The molecule has 0 aliphatic carbocycles. The van der Waals surface area contributed by atoms with Gasteiger partial charge < -0.3 is 13.9 Å². The second-order valence-corrected chi connectivity index (χ2v) is 7.70. The second kappa shape index (κ2) is 8.69. The average molecular weight is 407 g/mol. The Morgan fingerprint density at radius 2 is 1.76 bits per heavy atom. The number of imidazole rings is 1. The minimum atomic E-state index is 0.765. The Hall–Kier alpha value is -2.80. The molecule has 1 aromatic carbocycles. The molecule has 0 bridgehead atoms. The van der Waals surface area contributed by atoms with E-state index in [1.54, 1.807) is 11.8 Å². The first-order valence-corrected chi connectivity index (χ1v) is 11.1. The molecule has 0 unspecified atom stereocenters. The number of benzene rings is 1. The van der Waals surface area contributed by atoms with Gasteiger partial charge in [-0.3, -0.25) is 0 Å². The lowest BCUT2D eigenvalue weighted by molar-refractivity contribution is 0.687. The maximum Gasteiger partial charge on any atom is 0.191 e. The van der Waals surface area contributed by atoms with Crippen molar-refractivity contribution in [2.24, 2.45) is 0 Å². The van der Waals surface area contributed by atoms with Gasteiger partial charge in [-0.1, -0.05) is 17.8 Å². The summed E-state index contributed by atoms with van der Waals surface area (Å²) >= 11 is 1.68. The van der Waals surface area contributed by atoms with Crippen LogP contribution in [0.4, 0.5) is 5.69 Å². The van der Waals surface area contributed by atoms with Gasteiger partial charge >= 0.3 is 0 Å². The molecule has 3 heterocycles. The number of hydrogen-bond acceptors (Lipinski definition) is 5. The molecule has 4 aromatic rings. The Labute approximate surface area is 175 Å². The Morgan fingerprint density at radius 1 is 0.966 bits per heavy atom. The Morgan fingerprint density at radius 3 is 2.45 bits per heavy atom. The number of aromatic nitrogens is 5. The Kier molecular flexibility index (Phi) is 5.85. The zero-order chi connectivity index (χ0) is 20.2. The SMILES string of the molecule is CCN(CC)c1ccc(-c2nnc(SCc3cn4ccccc4n3)n2CC)cc1. The predicted octanol–water partition coefficient (Wildman–Crippen LogP) is 4.75. The molecular formula is C22H26N6S. The van der Waals surface area contributed by atoms with Crippen molar-refractivity contribution in [3.63, 3.8) is 0 Å². The standard InChI is InChI=1S/C22H26N6S/c1-4-26(5-2)19-12-10-17(11-13-19)21-24-25-22(28(21)6-3)29-16-18-15-27-14-8-7-9-20(27)23-18/h7-15H,4-6,16H2,1-3H3. The van der Waals surface area contributed by atoms with Gasteiger partial charge in [0.2, 0.25) is 0 Å². The third-order valence-corrected chi connectivity index (χ3v) is 6.05. The van der Waals surface area contributed by atoms with Crippen LogP contribution in [0.5, 0.6) is 0 Å². The van der Waals surface area contributed by atoms with Crippen molar-refractivity contribution in [3.8, 4) is 11.4 Å². The summed E-state index contributed by atoms with van der Waals surface area (Å²) in [6.45, 7) is 9.32. The van der Waals surface area contributed by atoms with E-state index in [9.17, 15) is 0 Å². The number of fused-ring (bicyclic) bond motifs is 1. The van der Waals surface area contributed by atoms with Gasteiger partial charge in [-0.2, -0.15) is 0 Å². The zero-order valence-electron chi connectivity index (χ0n) is 17.1. The fraction of sp³-hybridized carbons (Fsp3) is 0.318. The van der Waals surface area contributed by atoms with Crippen LogP contribution < -0.4 is 4.90 Å². The van der Waals surface area contributed by atoms with E-state index in [-0.39, 0.29) is 0 Å². The summed E-state index contributed by atoms with van der Waals surface area (Å²) in [5.41, 5.74) is 4.34. The lowest BCUT2D eigenvalue weighted by Gasteiger charge is -2.21. The highest BCUT2D eigenvalue weighted by atomic mass is 32.2. The van der Waals surface area contributed by atoms with Crippen LogP contribution in [0, 0.1) is 0 Å². The maximum absolute atomic E-state index is 4.67.